The van der Waals surface area contributed by atoms with Gasteiger partial charge in [-0.1, -0.05) is 43.2 Å². The normalized spacial score (nSPS) is 20.0. The molecule has 0 unspecified atom stereocenters. The molecule has 1 heteroatoms. The van der Waals surface area contributed by atoms with Crippen LogP contribution in [0.15, 0.2) is 33.9 Å². The quantitative estimate of drug-likeness (QED) is 0.604. The third-order valence-electron chi connectivity index (χ3n) is 2.45. The van der Waals surface area contributed by atoms with E-state index in [0.29, 0.717) is 5.92 Å². The van der Waals surface area contributed by atoms with Gasteiger partial charge in [0, 0.05) is 5.03 Å². The van der Waals surface area contributed by atoms with Gasteiger partial charge in [-0.05, 0) is 50.2 Å². The van der Waals surface area contributed by atoms with E-state index in [1.807, 2.05) is 0 Å². The van der Waals surface area contributed by atoms with Crippen LogP contribution in [0.25, 0.3) is 0 Å². The minimum Gasteiger partial charge on any atom is -0.0838 e. The van der Waals surface area contributed by atoms with E-state index >= 15 is 0 Å². The Morgan fingerprint density at radius 1 is 1.27 bits per heavy atom. The van der Waals surface area contributed by atoms with Gasteiger partial charge in [-0.2, -0.15) is 0 Å². The summed E-state index contributed by atoms with van der Waals surface area (Å²) >= 11 is 6.40. The van der Waals surface area contributed by atoms with Gasteiger partial charge in [0.1, 0.15) is 0 Å². The van der Waals surface area contributed by atoms with Crippen molar-refractivity contribution >= 4 is 11.6 Å². The van der Waals surface area contributed by atoms with Gasteiger partial charge in [-0.3, -0.25) is 0 Å². The predicted molar refractivity (Wildman–Crippen MR) is 69.1 cm³/mol. The molecule has 0 amide bonds. The molecule has 0 saturated carbocycles. The first-order valence-corrected chi connectivity index (χ1v) is 6.13. The molecule has 0 aliphatic heterocycles. The number of hydrogen-bond donors (Lipinski definition) is 0. The van der Waals surface area contributed by atoms with Crippen molar-refractivity contribution in [3.8, 4) is 0 Å². The van der Waals surface area contributed by atoms with Crippen molar-refractivity contribution in [2.45, 2.75) is 47.0 Å². The van der Waals surface area contributed by atoms with Crippen LogP contribution in [0, 0.1) is 5.92 Å². The lowest BCUT2D eigenvalue weighted by molar-refractivity contribution is 0.759. The van der Waals surface area contributed by atoms with Gasteiger partial charge >= 0.3 is 0 Å². The van der Waals surface area contributed by atoms with Crippen LogP contribution >= 0.6 is 11.6 Å². The monoisotopic (exact) mass is 224 g/mol. The molecule has 0 fully saturated rings. The number of hydrogen-bond acceptors (Lipinski definition) is 0. The largest absolute Gasteiger partial charge is 0.0838 e. The second-order valence-electron chi connectivity index (χ2n) is 4.85. The molecule has 1 aliphatic rings. The van der Waals surface area contributed by atoms with Crippen LogP contribution in [0.5, 0.6) is 0 Å². The maximum atomic E-state index is 6.40. The summed E-state index contributed by atoms with van der Waals surface area (Å²) in [6.07, 6.45) is 8.00. The Hall–Kier alpha value is -0.490. The Labute approximate surface area is 98.7 Å². The molecule has 84 valence electrons. The average Bonchev–Trinajstić information content (AvgIpc) is 2.10. The van der Waals surface area contributed by atoms with Crippen LogP contribution in [-0.4, -0.2) is 0 Å². The molecule has 15 heavy (non-hydrogen) atoms. The molecule has 0 aromatic carbocycles. The van der Waals surface area contributed by atoms with Gasteiger partial charge in [0.2, 0.25) is 0 Å². The first-order chi connectivity index (χ1) is 7.00. The summed E-state index contributed by atoms with van der Waals surface area (Å²) in [4.78, 5) is 0. The van der Waals surface area contributed by atoms with Crippen LogP contribution in [0.4, 0.5) is 0 Å². The van der Waals surface area contributed by atoms with E-state index in [1.165, 1.54) is 23.1 Å². The summed E-state index contributed by atoms with van der Waals surface area (Å²) in [7, 11) is 0. The Morgan fingerprint density at radius 2 is 1.93 bits per heavy atom. The summed E-state index contributed by atoms with van der Waals surface area (Å²) in [5.74, 6) is 0.583. The van der Waals surface area contributed by atoms with Crippen molar-refractivity contribution in [3.63, 3.8) is 0 Å². The molecular formula is C14H21Cl. The van der Waals surface area contributed by atoms with E-state index in [2.05, 4.69) is 39.8 Å². The third-order valence-corrected chi connectivity index (χ3v) is 2.94. The third kappa shape index (κ3) is 3.87. The van der Waals surface area contributed by atoms with E-state index in [-0.39, 0.29) is 0 Å². The van der Waals surface area contributed by atoms with Crippen molar-refractivity contribution in [2.24, 2.45) is 5.92 Å². The molecule has 0 radical (unpaired) electrons. The number of halogens is 1. The lowest BCUT2D eigenvalue weighted by Gasteiger charge is -2.18. The molecule has 0 saturated heterocycles. The van der Waals surface area contributed by atoms with Crippen molar-refractivity contribution in [2.75, 3.05) is 0 Å². The summed E-state index contributed by atoms with van der Waals surface area (Å²) in [6, 6.07) is 0. The van der Waals surface area contributed by atoms with Crippen LogP contribution < -0.4 is 0 Å². The van der Waals surface area contributed by atoms with Crippen molar-refractivity contribution in [1.82, 2.24) is 0 Å². The van der Waals surface area contributed by atoms with Crippen LogP contribution in [-0.2, 0) is 0 Å². The van der Waals surface area contributed by atoms with Gasteiger partial charge in [0.15, 0.2) is 0 Å². The van der Waals surface area contributed by atoms with E-state index in [9.17, 15) is 0 Å². The van der Waals surface area contributed by atoms with Crippen molar-refractivity contribution < 1.29 is 0 Å². The Bertz CT molecular complexity index is 312. The summed E-state index contributed by atoms with van der Waals surface area (Å²) in [6.45, 7) is 8.65. The topological polar surface area (TPSA) is 0 Å². The summed E-state index contributed by atoms with van der Waals surface area (Å²) in [5, 5.41) is 0.996. The molecule has 0 aromatic heterocycles. The fourth-order valence-corrected chi connectivity index (χ4v) is 2.24. The maximum absolute atomic E-state index is 6.40. The van der Waals surface area contributed by atoms with E-state index in [1.54, 1.807) is 0 Å². The van der Waals surface area contributed by atoms with E-state index < -0.39 is 0 Å². The average molecular weight is 225 g/mol. The molecule has 0 heterocycles. The van der Waals surface area contributed by atoms with Crippen LogP contribution in [0.1, 0.15) is 47.0 Å². The Kier molecular flexibility index (Phi) is 4.66. The van der Waals surface area contributed by atoms with E-state index in [4.69, 9.17) is 11.6 Å². The standard InChI is InChI=1S/C14H21Cl/c1-10(2)8-12-6-5-7-13(14(12)15)9-11(3)4/h8-10H,5-7H2,1-4H3/b12-8+. The van der Waals surface area contributed by atoms with Gasteiger partial charge in [0.05, 0.1) is 0 Å². The minimum atomic E-state index is 0.583. The van der Waals surface area contributed by atoms with Gasteiger partial charge in [0.25, 0.3) is 0 Å². The van der Waals surface area contributed by atoms with Crippen LogP contribution in [0.2, 0.25) is 0 Å². The summed E-state index contributed by atoms with van der Waals surface area (Å²) in [5.41, 5.74) is 3.98. The zero-order chi connectivity index (χ0) is 11.4. The van der Waals surface area contributed by atoms with Crippen molar-refractivity contribution in [1.29, 1.82) is 0 Å². The second-order valence-corrected chi connectivity index (χ2v) is 5.23. The fraction of sp³-hybridized carbons (Fsp3) is 0.571. The first-order valence-electron chi connectivity index (χ1n) is 5.75. The SMILES string of the molecule is CC(C)=CC1=C(Cl)/C(=C/C(C)C)CCC1. The Balaban J connectivity index is 3.00. The predicted octanol–water partition coefficient (Wildman–Crippen LogP) is 5.21. The fourth-order valence-electron chi connectivity index (χ4n) is 1.94. The van der Waals surface area contributed by atoms with Gasteiger partial charge in [-0.15, -0.1) is 0 Å². The molecule has 0 nitrogen and oxygen atoms in total. The highest BCUT2D eigenvalue weighted by Gasteiger charge is 2.14. The zero-order valence-electron chi connectivity index (χ0n) is 10.2. The molecule has 0 atom stereocenters. The zero-order valence-corrected chi connectivity index (χ0v) is 11.0. The first kappa shape index (κ1) is 12.6. The second kappa shape index (κ2) is 5.55. The summed E-state index contributed by atoms with van der Waals surface area (Å²) < 4.78 is 0. The maximum Gasteiger partial charge on any atom is 0.0466 e. The van der Waals surface area contributed by atoms with E-state index in [0.717, 1.165) is 17.9 Å². The highest BCUT2D eigenvalue weighted by molar-refractivity contribution is 6.32. The molecule has 0 aromatic rings. The molecule has 0 spiro atoms. The van der Waals surface area contributed by atoms with Gasteiger partial charge in [-0.25, -0.2) is 0 Å². The smallest absolute Gasteiger partial charge is 0.0466 e. The number of allylic oxidation sites excluding steroid dienone is 6. The lowest BCUT2D eigenvalue weighted by Crippen LogP contribution is -1.99. The molecule has 0 bridgehead atoms. The van der Waals surface area contributed by atoms with Crippen molar-refractivity contribution in [3.05, 3.63) is 33.9 Å². The lowest BCUT2D eigenvalue weighted by atomic mass is 9.92. The minimum absolute atomic E-state index is 0.583. The molecular weight excluding hydrogens is 204 g/mol. The highest BCUT2D eigenvalue weighted by atomic mass is 35.5. The van der Waals surface area contributed by atoms with Crippen LogP contribution in [0.3, 0.4) is 0 Å². The molecule has 1 rings (SSSR count). The molecule has 1 aliphatic carbocycles. The molecule has 0 N–H and O–H groups in total. The number of rotatable bonds is 2. The highest BCUT2D eigenvalue weighted by Crippen LogP contribution is 2.34. The van der Waals surface area contributed by atoms with Gasteiger partial charge < -0.3 is 0 Å². The Morgan fingerprint density at radius 3 is 2.47 bits per heavy atom.